The van der Waals surface area contributed by atoms with Crippen molar-refractivity contribution in [1.82, 2.24) is 10.5 Å². The van der Waals surface area contributed by atoms with Gasteiger partial charge in [-0.25, -0.2) is 18.9 Å². The van der Waals surface area contributed by atoms with Crippen LogP contribution in [-0.2, 0) is 25.8 Å². The lowest BCUT2D eigenvalue weighted by atomic mass is 9.99. The first-order chi connectivity index (χ1) is 16.1. The number of thiazole rings is 1. The van der Waals surface area contributed by atoms with Gasteiger partial charge in [-0.2, -0.15) is 0 Å². The lowest BCUT2D eigenvalue weighted by molar-refractivity contribution is -0.132. The van der Waals surface area contributed by atoms with Crippen LogP contribution >= 0.6 is 11.3 Å². The molecule has 0 bridgehead atoms. The summed E-state index contributed by atoms with van der Waals surface area (Å²) >= 11 is 1.43. The first-order valence-electron chi connectivity index (χ1n) is 11.2. The molecule has 186 valence electrons. The Morgan fingerprint density at radius 1 is 1.15 bits per heavy atom. The molecule has 1 aromatic heterocycles. The van der Waals surface area contributed by atoms with Crippen molar-refractivity contribution in [2.75, 3.05) is 14.2 Å². The highest BCUT2D eigenvalue weighted by molar-refractivity contribution is 7.93. The zero-order valence-electron chi connectivity index (χ0n) is 20.6. The van der Waals surface area contributed by atoms with Gasteiger partial charge in [-0.15, -0.1) is 11.3 Å². The van der Waals surface area contributed by atoms with E-state index in [0.717, 1.165) is 32.8 Å². The molecule has 3 aromatic rings. The Balaban J connectivity index is 0.00000129. The van der Waals surface area contributed by atoms with Gasteiger partial charge in [0.25, 0.3) is 5.91 Å². The average Bonchev–Trinajstić information content (AvgIpc) is 3.27. The largest absolute Gasteiger partial charge is 0.388 e. The highest BCUT2D eigenvalue weighted by atomic mass is 32.2. The molecule has 0 fully saturated rings. The number of nitrogens with one attached hydrogen (secondary N) is 1. The Kier molecular flexibility index (Phi) is 9.75. The van der Waals surface area contributed by atoms with Gasteiger partial charge >= 0.3 is 0 Å². The van der Waals surface area contributed by atoms with Crippen LogP contribution in [0.5, 0.6) is 0 Å². The number of aromatic nitrogens is 1. The minimum absolute atomic E-state index is 0.0599. The van der Waals surface area contributed by atoms with Gasteiger partial charge in [0.05, 0.1) is 15.1 Å². The van der Waals surface area contributed by atoms with Crippen molar-refractivity contribution in [1.29, 1.82) is 0 Å². The summed E-state index contributed by atoms with van der Waals surface area (Å²) in [6, 6.07) is 11.4. The summed E-state index contributed by atoms with van der Waals surface area (Å²) in [5.74, 6) is -0.893. The molecular weight excluding hydrogens is 472 g/mol. The maximum atomic E-state index is 13.6. The van der Waals surface area contributed by atoms with E-state index in [9.17, 15) is 18.4 Å². The Hall–Kier alpha value is -2.33. The standard InChI is InChI=1S/C23H28N2O4S2.C2H6O/c1-5-12-23(7-3,22(26)25-27)31(28,29)18-13-15(4)20-19(14-18)30-21(24-20)17-10-8-16(6-2)9-11-17;1-3-2/h8-11,13-14,27H,5-7,12H2,1-4H3,(H,25,26);1-2H3. The van der Waals surface area contributed by atoms with E-state index in [2.05, 4.69) is 23.8 Å². The van der Waals surface area contributed by atoms with Crippen molar-refractivity contribution in [3.8, 4) is 10.6 Å². The molecule has 0 saturated heterocycles. The number of carbonyl (C=O) groups is 1. The van der Waals surface area contributed by atoms with Crippen LogP contribution in [-0.4, -0.2) is 43.5 Å². The summed E-state index contributed by atoms with van der Waals surface area (Å²) in [6.45, 7) is 7.39. The van der Waals surface area contributed by atoms with Gasteiger partial charge in [0, 0.05) is 19.8 Å². The molecule has 0 aliphatic heterocycles. The molecule has 9 heteroatoms. The van der Waals surface area contributed by atoms with E-state index in [1.54, 1.807) is 38.8 Å². The number of benzene rings is 2. The number of hydrogen-bond acceptors (Lipinski definition) is 7. The van der Waals surface area contributed by atoms with E-state index >= 15 is 0 Å². The van der Waals surface area contributed by atoms with Gasteiger partial charge in [0.2, 0.25) is 0 Å². The first kappa shape index (κ1) is 27.9. The normalized spacial score (nSPS) is 13.1. The van der Waals surface area contributed by atoms with E-state index in [1.165, 1.54) is 16.9 Å². The number of rotatable bonds is 8. The molecule has 1 atom stereocenters. The van der Waals surface area contributed by atoms with Gasteiger partial charge in [0.15, 0.2) is 14.6 Å². The molecular formula is C25H34N2O5S2. The monoisotopic (exact) mass is 506 g/mol. The summed E-state index contributed by atoms with van der Waals surface area (Å²) in [6.07, 6.45) is 1.62. The van der Waals surface area contributed by atoms with Gasteiger partial charge in [-0.05, 0) is 49.4 Å². The topological polar surface area (TPSA) is 106 Å². The second-order valence-electron chi connectivity index (χ2n) is 8.11. The number of fused-ring (bicyclic) bond motifs is 1. The molecule has 1 unspecified atom stereocenters. The highest BCUT2D eigenvalue weighted by Gasteiger charge is 2.49. The third kappa shape index (κ3) is 5.33. The zero-order valence-corrected chi connectivity index (χ0v) is 22.3. The van der Waals surface area contributed by atoms with Crippen LogP contribution in [0.1, 0.15) is 51.2 Å². The first-order valence-corrected chi connectivity index (χ1v) is 13.5. The quantitative estimate of drug-likeness (QED) is 0.316. The average molecular weight is 507 g/mol. The number of amides is 1. The fourth-order valence-corrected chi connectivity index (χ4v) is 7.32. The number of methoxy groups -OCH3 is 1. The van der Waals surface area contributed by atoms with Crippen LogP contribution in [0.15, 0.2) is 41.3 Å². The predicted octanol–water partition coefficient (Wildman–Crippen LogP) is 5.32. The molecule has 0 aliphatic rings. The van der Waals surface area contributed by atoms with E-state index in [-0.39, 0.29) is 17.7 Å². The number of carbonyl (C=O) groups excluding carboxylic acids is 1. The van der Waals surface area contributed by atoms with Crippen molar-refractivity contribution >= 4 is 37.3 Å². The molecule has 0 aliphatic carbocycles. The molecule has 2 aromatic carbocycles. The van der Waals surface area contributed by atoms with Crippen LogP contribution < -0.4 is 5.48 Å². The van der Waals surface area contributed by atoms with Crippen molar-refractivity contribution in [3.63, 3.8) is 0 Å². The van der Waals surface area contributed by atoms with Crippen molar-refractivity contribution in [3.05, 3.63) is 47.5 Å². The van der Waals surface area contributed by atoms with Gasteiger partial charge in [-0.3, -0.25) is 10.0 Å². The molecule has 1 heterocycles. The van der Waals surface area contributed by atoms with Crippen LogP contribution in [0.3, 0.4) is 0 Å². The second kappa shape index (κ2) is 11.9. The Morgan fingerprint density at radius 2 is 1.76 bits per heavy atom. The van der Waals surface area contributed by atoms with E-state index in [1.807, 2.05) is 26.0 Å². The fourth-order valence-electron chi connectivity index (χ4n) is 3.96. The smallest absolute Gasteiger partial charge is 0.265 e. The lowest BCUT2D eigenvalue weighted by Crippen LogP contribution is -2.51. The highest BCUT2D eigenvalue weighted by Crippen LogP contribution is 2.38. The number of sulfone groups is 1. The summed E-state index contributed by atoms with van der Waals surface area (Å²) in [4.78, 5) is 17.3. The van der Waals surface area contributed by atoms with E-state index < -0.39 is 20.5 Å². The number of aryl methyl sites for hydroxylation is 2. The third-order valence-electron chi connectivity index (χ3n) is 5.83. The Bertz CT molecular complexity index is 1220. The van der Waals surface area contributed by atoms with Gasteiger partial charge in [-0.1, -0.05) is 51.5 Å². The summed E-state index contributed by atoms with van der Waals surface area (Å²) in [7, 11) is -0.808. The second-order valence-corrected chi connectivity index (χ2v) is 11.4. The summed E-state index contributed by atoms with van der Waals surface area (Å²) in [5, 5.41) is 10.1. The third-order valence-corrected chi connectivity index (χ3v) is 9.45. The minimum Gasteiger partial charge on any atom is -0.388 e. The molecule has 2 N–H and O–H groups in total. The molecule has 0 radical (unpaired) electrons. The number of nitrogens with zero attached hydrogens (tertiary/aromatic N) is 1. The maximum Gasteiger partial charge on any atom is 0.265 e. The van der Waals surface area contributed by atoms with Crippen molar-refractivity contribution in [2.24, 2.45) is 0 Å². The van der Waals surface area contributed by atoms with Crippen LogP contribution in [0.2, 0.25) is 0 Å². The van der Waals surface area contributed by atoms with Crippen molar-refractivity contribution in [2.45, 2.75) is 63.0 Å². The summed E-state index contributed by atoms with van der Waals surface area (Å²) < 4.78 is 30.5. The molecule has 34 heavy (non-hydrogen) atoms. The summed E-state index contributed by atoms with van der Waals surface area (Å²) in [5.41, 5.74) is 5.28. The molecule has 0 saturated carbocycles. The number of hydroxylamine groups is 1. The number of ether oxygens (including phenoxy) is 1. The van der Waals surface area contributed by atoms with Gasteiger partial charge < -0.3 is 4.74 Å². The zero-order chi connectivity index (χ0) is 25.5. The Morgan fingerprint density at radius 3 is 2.26 bits per heavy atom. The van der Waals surface area contributed by atoms with Crippen LogP contribution in [0, 0.1) is 6.92 Å². The minimum atomic E-state index is -4.06. The molecule has 0 spiro atoms. The SMILES string of the molecule is CCCC(CC)(C(=O)NO)S(=O)(=O)c1cc(C)c2nc(-c3ccc(CC)cc3)sc2c1.COC. The maximum absolute atomic E-state index is 13.6. The van der Waals surface area contributed by atoms with E-state index in [0.29, 0.717) is 6.42 Å². The molecule has 1 amide bonds. The number of hydrogen-bond donors (Lipinski definition) is 2. The molecule has 7 nitrogen and oxygen atoms in total. The van der Waals surface area contributed by atoms with Gasteiger partial charge in [0.1, 0.15) is 5.01 Å². The predicted molar refractivity (Wildman–Crippen MR) is 137 cm³/mol. The lowest BCUT2D eigenvalue weighted by Gasteiger charge is -2.29. The van der Waals surface area contributed by atoms with E-state index in [4.69, 9.17) is 4.98 Å². The Labute approximate surface area is 206 Å². The van der Waals surface area contributed by atoms with Crippen LogP contribution in [0.4, 0.5) is 0 Å². The van der Waals surface area contributed by atoms with Crippen LogP contribution in [0.25, 0.3) is 20.8 Å². The fraction of sp³-hybridized carbons (Fsp3) is 0.440. The van der Waals surface area contributed by atoms with Crippen molar-refractivity contribution < 1.29 is 23.2 Å². The molecule has 3 rings (SSSR count).